The molecule has 4 amide bonds. The first-order chi connectivity index (χ1) is 20.3. The highest BCUT2D eigenvalue weighted by molar-refractivity contribution is 6.01. The summed E-state index contributed by atoms with van der Waals surface area (Å²) in [5.41, 5.74) is 10.5. The number of phenolic OH excluding ortho intramolecular Hbond substituents is 2. The highest BCUT2D eigenvalue weighted by atomic mass is 16.4. The zero-order valence-corrected chi connectivity index (χ0v) is 24.7. The maximum atomic E-state index is 13.8. The van der Waals surface area contributed by atoms with Crippen molar-refractivity contribution in [1.29, 1.82) is 0 Å². The maximum Gasteiger partial charge on any atom is 0.326 e. The van der Waals surface area contributed by atoms with Gasteiger partial charge in [-0.1, -0.05) is 27.2 Å². The molecule has 1 aliphatic rings. The third kappa shape index (κ3) is 9.75. The van der Waals surface area contributed by atoms with E-state index in [4.69, 9.17) is 11.5 Å². The number of guanidine groups is 1. The molecule has 2 rings (SSSR count). The molecule has 1 aromatic rings. The highest BCUT2D eigenvalue weighted by Crippen LogP contribution is 2.24. The summed E-state index contributed by atoms with van der Waals surface area (Å²) in [7, 11) is 0. The Morgan fingerprint density at radius 3 is 2.35 bits per heavy atom. The van der Waals surface area contributed by atoms with Crippen molar-refractivity contribution in [3.63, 3.8) is 0 Å². The van der Waals surface area contributed by atoms with E-state index < -0.39 is 59.5 Å². The molecule has 1 saturated heterocycles. The molecule has 0 aromatic heterocycles. The fourth-order valence-electron chi connectivity index (χ4n) is 4.76. The summed E-state index contributed by atoms with van der Waals surface area (Å²) in [4.78, 5) is 69.9. The van der Waals surface area contributed by atoms with Crippen LogP contribution in [0.4, 0.5) is 0 Å². The summed E-state index contributed by atoms with van der Waals surface area (Å²) in [6.45, 7) is 5.59. The Morgan fingerprint density at radius 1 is 1.05 bits per heavy atom. The molecule has 15 heteroatoms. The molecule has 0 spiro atoms. The molecule has 0 bridgehead atoms. The van der Waals surface area contributed by atoms with Gasteiger partial charge in [-0.2, -0.15) is 0 Å². The Hall–Kier alpha value is -4.56. The summed E-state index contributed by atoms with van der Waals surface area (Å²) in [6.07, 6.45) is 1.86. The quantitative estimate of drug-likeness (QED) is 0.0563. The molecule has 5 atom stereocenters. The second-order valence-corrected chi connectivity index (χ2v) is 10.5. The molecule has 0 aliphatic carbocycles. The molecule has 10 N–H and O–H groups in total. The average molecular weight is 606 g/mol. The number of aromatic hydroxyl groups is 2. The minimum absolute atomic E-state index is 0.0945. The number of amides is 4. The van der Waals surface area contributed by atoms with Crippen LogP contribution in [0.15, 0.2) is 23.2 Å². The van der Waals surface area contributed by atoms with E-state index in [1.165, 1.54) is 11.0 Å². The molecule has 1 fully saturated rings. The summed E-state index contributed by atoms with van der Waals surface area (Å²) in [5.74, 6) is -4.91. The molecule has 238 valence electrons. The number of phenols is 2. The van der Waals surface area contributed by atoms with Gasteiger partial charge in [0.15, 0.2) is 5.96 Å². The van der Waals surface area contributed by atoms with Crippen molar-refractivity contribution in [3.8, 4) is 11.5 Å². The first kappa shape index (κ1) is 34.6. The van der Waals surface area contributed by atoms with Gasteiger partial charge in [-0.3, -0.25) is 24.2 Å². The second kappa shape index (κ2) is 16.2. The number of nitrogens with two attached hydrogens (primary N) is 2. The van der Waals surface area contributed by atoms with E-state index >= 15 is 0 Å². The lowest BCUT2D eigenvalue weighted by molar-refractivity contribution is -0.143. The summed E-state index contributed by atoms with van der Waals surface area (Å²) in [6, 6.07) is -0.823. The number of aliphatic imine (C=N–C) groups is 1. The van der Waals surface area contributed by atoms with E-state index in [2.05, 4.69) is 20.9 Å². The molecular formula is C28H43N7O8. The summed E-state index contributed by atoms with van der Waals surface area (Å²) >= 11 is 0. The van der Waals surface area contributed by atoms with Gasteiger partial charge in [0, 0.05) is 13.1 Å². The molecule has 0 unspecified atom stereocenters. The van der Waals surface area contributed by atoms with Gasteiger partial charge in [-0.25, -0.2) is 4.79 Å². The van der Waals surface area contributed by atoms with Crippen LogP contribution in [0.3, 0.4) is 0 Å². The van der Waals surface area contributed by atoms with Gasteiger partial charge < -0.3 is 47.6 Å². The first-order valence-electron chi connectivity index (χ1n) is 14.3. The third-order valence-corrected chi connectivity index (χ3v) is 7.43. The standard InChI is InChI=1S/C28H43N7O8/c1-4-15(3)22(25(40)32-18(5-2)27(42)43)34-24(39)20-9-7-13-35(20)26(41)19(8-6-12-31-28(29)30)33-23(38)17-14-16(36)10-11-21(17)37/h10-11,14-15,18-20,22,36-37H,4-9,12-13H2,1-3H3,(H,32,40)(H,33,38)(H,34,39)(H,42,43)(H4,29,30,31)/t15-,18+,19-,20-,22-/m0/s1. The van der Waals surface area contributed by atoms with Crippen LogP contribution < -0.4 is 27.4 Å². The Morgan fingerprint density at radius 2 is 1.74 bits per heavy atom. The van der Waals surface area contributed by atoms with Crippen LogP contribution >= 0.6 is 0 Å². The largest absolute Gasteiger partial charge is 0.508 e. The van der Waals surface area contributed by atoms with Crippen molar-refractivity contribution < 1.29 is 39.3 Å². The van der Waals surface area contributed by atoms with Crippen LogP contribution in [-0.4, -0.2) is 93.0 Å². The second-order valence-electron chi connectivity index (χ2n) is 10.5. The monoisotopic (exact) mass is 605 g/mol. The van der Waals surface area contributed by atoms with Crippen molar-refractivity contribution in [2.24, 2.45) is 22.4 Å². The highest BCUT2D eigenvalue weighted by Gasteiger charge is 2.40. The molecule has 1 aromatic carbocycles. The van der Waals surface area contributed by atoms with Crippen molar-refractivity contribution in [3.05, 3.63) is 23.8 Å². The topological polar surface area (TPSA) is 250 Å². The van der Waals surface area contributed by atoms with E-state index in [-0.39, 0.29) is 49.1 Å². The van der Waals surface area contributed by atoms with Gasteiger partial charge in [0.25, 0.3) is 5.91 Å². The number of nitrogens with one attached hydrogen (secondary N) is 3. The summed E-state index contributed by atoms with van der Waals surface area (Å²) < 4.78 is 0. The Balaban J connectivity index is 2.26. The lowest BCUT2D eigenvalue weighted by Crippen LogP contribution is -2.58. The molecule has 0 radical (unpaired) electrons. The number of rotatable bonds is 15. The molecule has 1 heterocycles. The molecule has 43 heavy (non-hydrogen) atoms. The number of carbonyl (C=O) groups excluding carboxylic acids is 4. The van der Waals surface area contributed by atoms with E-state index in [9.17, 15) is 39.3 Å². The number of carboxylic acids is 1. The van der Waals surface area contributed by atoms with E-state index in [0.717, 1.165) is 12.1 Å². The minimum Gasteiger partial charge on any atom is -0.508 e. The number of carbonyl (C=O) groups is 5. The van der Waals surface area contributed by atoms with Crippen LogP contribution in [0.25, 0.3) is 0 Å². The van der Waals surface area contributed by atoms with Crippen LogP contribution in [0, 0.1) is 5.92 Å². The van der Waals surface area contributed by atoms with Crippen molar-refractivity contribution in [2.45, 2.75) is 83.5 Å². The number of likely N-dealkylation sites (tertiary alicyclic amines) is 1. The van der Waals surface area contributed by atoms with Gasteiger partial charge in [-0.15, -0.1) is 0 Å². The van der Waals surface area contributed by atoms with Crippen LogP contribution in [0.2, 0.25) is 0 Å². The van der Waals surface area contributed by atoms with Crippen molar-refractivity contribution >= 4 is 35.6 Å². The SMILES string of the molecule is CC[C@@H](NC(=O)[C@@H](NC(=O)[C@@H]1CCCN1C(=O)[C@H](CCCN=C(N)N)NC(=O)c1cc(O)ccc1O)[C@@H](C)CC)C(=O)O. The fraction of sp³-hybridized carbons (Fsp3) is 0.571. The lowest BCUT2D eigenvalue weighted by atomic mass is 9.97. The third-order valence-electron chi connectivity index (χ3n) is 7.43. The molecular weight excluding hydrogens is 562 g/mol. The van der Waals surface area contributed by atoms with Crippen LogP contribution in [-0.2, 0) is 19.2 Å². The van der Waals surface area contributed by atoms with E-state index in [1.807, 2.05) is 6.92 Å². The number of benzene rings is 1. The number of carboxylic acid groups (broad SMARTS) is 1. The fourth-order valence-corrected chi connectivity index (χ4v) is 4.76. The van der Waals surface area contributed by atoms with E-state index in [1.54, 1.807) is 13.8 Å². The van der Waals surface area contributed by atoms with Crippen molar-refractivity contribution in [2.75, 3.05) is 13.1 Å². The van der Waals surface area contributed by atoms with Crippen LogP contribution in [0.1, 0.15) is 69.7 Å². The predicted octanol–water partition coefficient (Wildman–Crippen LogP) is -0.249. The van der Waals surface area contributed by atoms with Gasteiger partial charge in [0.1, 0.15) is 35.7 Å². The van der Waals surface area contributed by atoms with Crippen molar-refractivity contribution in [1.82, 2.24) is 20.9 Å². The Kier molecular flexibility index (Phi) is 13.0. The molecule has 0 saturated carbocycles. The average Bonchev–Trinajstić information content (AvgIpc) is 3.46. The number of hydrogen-bond acceptors (Lipinski definition) is 8. The number of hydrogen-bond donors (Lipinski definition) is 8. The normalized spacial score (nSPS) is 17.2. The lowest BCUT2D eigenvalue weighted by Gasteiger charge is -2.31. The number of aliphatic carboxylic acids is 1. The zero-order valence-electron chi connectivity index (χ0n) is 24.7. The summed E-state index contributed by atoms with van der Waals surface area (Å²) in [5, 5.41) is 37.0. The predicted molar refractivity (Wildman–Crippen MR) is 157 cm³/mol. The maximum absolute atomic E-state index is 13.8. The zero-order chi connectivity index (χ0) is 32.3. The van der Waals surface area contributed by atoms with Crippen LogP contribution in [0.5, 0.6) is 11.5 Å². The number of nitrogens with zero attached hydrogens (tertiary/aromatic N) is 2. The van der Waals surface area contributed by atoms with E-state index in [0.29, 0.717) is 25.7 Å². The van der Waals surface area contributed by atoms with Gasteiger partial charge in [-0.05, 0) is 56.2 Å². The Labute approximate surface area is 250 Å². The Bertz CT molecular complexity index is 1200. The molecule has 1 aliphatic heterocycles. The smallest absolute Gasteiger partial charge is 0.326 e. The van der Waals surface area contributed by atoms with Gasteiger partial charge in [0.05, 0.1) is 5.56 Å². The first-order valence-corrected chi connectivity index (χ1v) is 14.3. The molecule has 15 nitrogen and oxygen atoms in total. The minimum atomic E-state index is -1.19. The van der Waals surface area contributed by atoms with Gasteiger partial charge in [0.2, 0.25) is 17.7 Å². The van der Waals surface area contributed by atoms with Gasteiger partial charge >= 0.3 is 5.97 Å².